The number of carbonyl (C=O) groups is 1. The van der Waals surface area contributed by atoms with Crippen molar-refractivity contribution in [2.75, 3.05) is 13.1 Å². The van der Waals surface area contributed by atoms with Crippen molar-refractivity contribution >= 4 is 28.0 Å². The molecule has 1 aliphatic rings. The number of benzene rings is 1. The molecular formula is C19H22N4O3. The molecule has 0 spiro atoms. The molecule has 2 unspecified atom stereocenters. The van der Waals surface area contributed by atoms with Gasteiger partial charge >= 0.3 is 0 Å². The lowest BCUT2D eigenvalue weighted by Crippen LogP contribution is -2.46. The van der Waals surface area contributed by atoms with Crippen LogP contribution in [0.3, 0.4) is 0 Å². The number of furan rings is 1. The summed E-state index contributed by atoms with van der Waals surface area (Å²) < 4.78 is 6.98. The van der Waals surface area contributed by atoms with E-state index in [0.29, 0.717) is 30.1 Å². The standard InChI is InChI=1S/C19H22N4O3/c1-12(20)13-5-4-8-22(9-13)16(24)10-23-11-21-17-14-6-2-3-7-15(14)26-18(17)19(23)25/h2-3,6-7,11-13H,4-5,8-10,20H2,1H3. The quantitative estimate of drug-likeness (QED) is 0.773. The summed E-state index contributed by atoms with van der Waals surface area (Å²) in [7, 11) is 0. The predicted octanol–water partition coefficient (Wildman–Crippen LogP) is 1.73. The number of nitrogens with zero attached hydrogens (tertiary/aromatic N) is 3. The Bertz CT molecular complexity index is 1020. The summed E-state index contributed by atoms with van der Waals surface area (Å²) in [6, 6.07) is 7.44. The van der Waals surface area contributed by atoms with Crippen molar-refractivity contribution in [3.8, 4) is 0 Å². The van der Waals surface area contributed by atoms with Crippen LogP contribution in [0.15, 0.2) is 39.8 Å². The number of aromatic nitrogens is 2. The van der Waals surface area contributed by atoms with E-state index in [4.69, 9.17) is 10.2 Å². The Labute approximate surface area is 150 Å². The number of carbonyl (C=O) groups excluding carboxylic acids is 1. The predicted molar refractivity (Wildman–Crippen MR) is 98.7 cm³/mol. The van der Waals surface area contributed by atoms with Gasteiger partial charge in [0.2, 0.25) is 11.5 Å². The van der Waals surface area contributed by atoms with Gasteiger partial charge in [0, 0.05) is 24.5 Å². The highest BCUT2D eigenvalue weighted by atomic mass is 16.3. The molecule has 0 aliphatic carbocycles. The highest BCUT2D eigenvalue weighted by molar-refractivity contribution is 6.01. The monoisotopic (exact) mass is 354 g/mol. The molecule has 1 aromatic carbocycles. The number of rotatable bonds is 3. The zero-order valence-electron chi connectivity index (χ0n) is 14.7. The van der Waals surface area contributed by atoms with Crippen LogP contribution in [0.2, 0.25) is 0 Å². The third-order valence-corrected chi connectivity index (χ3v) is 5.21. The van der Waals surface area contributed by atoms with E-state index >= 15 is 0 Å². The molecule has 2 atom stereocenters. The average Bonchev–Trinajstić information content (AvgIpc) is 3.03. The Balaban J connectivity index is 1.61. The molecule has 0 saturated carbocycles. The highest BCUT2D eigenvalue weighted by Gasteiger charge is 2.26. The largest absolute Gasteiger partial charge is 0.448 e. The number of amides is 1. The molecule has 0 radical (unpaired) electrons. The maximum atomic E-state index is 12.7. The Morgan fingerprint density at radius 1 is 1.42 bits per heavy atom. The lowest BCUT2D eigenvalue weighted by Gasteiger charge is -2.34. The van der Waals surface area contributed by atoms with Crippen molar-refractivity contribution in [1.82, 2.24) is 14.5 Å². The topological polar surface area (TPSA) is 94.4 Å². The fourth-order valence-electron chi connectivity index (χ4n) is 3.64. The molecule has 1 fully saturated rings. The van der Waals surface area contributed by atoms with E-state index in [1.165, 1.54) is 10.9 Å². The molecule has 1 amide bonds. The summed E-state index contributed by atoms with van der Waals surface area (Å²) in [5.74, 6) is 0.218. The summed E-state index contributed by atoms with van der Waals surface area (Å²) in [6.07, 6.45) is 3.40. The van der Waals surface area contributed by atoms with Crippen LogP contribution in [0.4, 0.5) is 0 Å². The fourth-order valence-corrected chi connectivity index (χ4v) is 3.64. The SMILES string of the molecule is CC(N)C1CCCN(C(=O)Cn2cnc3c(oc4ccccc43)c2=O)C1. The second-order valence-corrected chi connectivity index (χ2v) is 7.05. The maximum Gasteiger partial charge on any atom is 0.297 e. The number of fused-ring (bicyclic) bond motifs is 3. The van der Waals surface area contributed by atoms with Gasteiger partial charge in [-0.05, 0) is 37.8 Å². The first-order chi connectivity index (χ1) is 12.5. The van der Waals surface area contributed by atoms with E-state index in [1.807, 2.05) is 25.1 Å². The van der Waals surface area contributed by atoms with Crippen molar-refractivity contribution in [3.05, 3.63) is 40.9 Å². The minimum atomic E-state index is -0.333. The minimum Gasteiger partial charge on any atom is -0.448 e. The van der Waals surface area contributed by atoms with Gasteiger partial charge in [0.1, 0.15) is 17.6 Å². The van der Waals surface area contributed by atoms with E-state index in [9.17, 15) is 9.59 Å². The van der Waals surface area contributed by atoms with Crippen LogP contribution >= 0.6 is 0 Å². The van der Waals surface area contributed by atoms with Crippen LogP contribution < -0.4 is 11.3 Å². The molecule has 7 heteroatoms. The summed E-state index contributed by atoms with van der Waals surface area (Å²) in [4.78, 5) is 31.5. The first-order valence-electron chi connectivity index (χ1n) is 8.94. The normalized spacial score (nSPS) is 19.2. The Morgan fingerprint density at radius 3 is 3.04 bits per heavy atom. The van der Waals surface area contributed by atoms with Crippen LogP contribution in [0.1, 0.15) is 19.8 Å². The Kier molecular flexibility index (Phi) is 4.24. The second kappa shape index (κ2) is 6.57. The Hall–Kier alpha value is -2.67. The van der Waals surface area contributed by atoms with Crippen molar-refractivity contribution < 1.29 is 9.21 Å². The second-order valence-electron chi connectivity index (χ2n) is 7.05. The van der Waals surface area contributed by atoms with Crippen molar-refractivity contribution in [1.29, 1.82) is 0 Å². The third kappa shape index (κ3) is 2.88. The molecule has 7 nitrogen and oxygen atoms in total. The van der Waals surface area contributed by atoms with Gasteiger partial charge in [-0.25, -0.2) is 4.98 Å². The Morgan fingerprint density at radius 2 is 2.23 bits per heavy atom. The summed E-state index contributed by atoms with van der Waals surface area (Å²) >= 11 is 0. The average molecular weight is 354 g/mol. The smallest absolute Gasteiger partial charge is 0.297 e. The first-order valence-corrected chi connectivity index (χ1v) is 8.94. The lowest BCUT2D eigenvalue weighted by molar-refractivity contribution is -0.133. The highest BCUT2D eigenvalue weighted by Crippen LogP contribution is 2.24. The zero-order chi connectivity index (χ0) is 18.3. The summed E-state index contributed by atoms with van der Waals surface area (Å²) in [5, 5.41) is 0.800. The number of nitrogens with two attached hydrogens (primary N) is 1. The number of likely N-dealkylation sites (tertiary alicyclic amines) is 1. The van der Waals surface area contributed by atoms with Gasteiger partial charge in [-0.15, -0.1) is 0 Å². The minimum absolute atomic E-state index is 0.0372. The summed E-state index contributed by atoms with van der Waals surface area (Å²) in [6.45, 7) is 3.29. The van der Waals surface area contributed by atoms with Gasteiger partial charge in [-0.1, -0.05) is 12.1 Å². The van der Waals surface area contributed by atoms with E-state index in [1.54, 1.807) is 11.0 Å². The molecule has 26 heavy (non-hydrogen) atoms. The number of hydrogen-bond acceptors (Lipinski definition) is 5. The van der Waals surface area contributed by atoms with Gasteiger partial charge in [0.05, 0.1) is 6.33 Å². The van der Waals surface area contributed by atoms with Crippen molar-refractivity contribution in [2.45, 2.75) is 32.4 Å². The van der Waals surface area contributed by atoms with Crippen molar-refractivity contribution in [3.63, 3.8) is 0 Å². The molecule has 0 bridgehead atoms. The number of para-hydroxylation sites is 1. The van der Waals surface area contributed by atoms with Gasteiger partial charge in [0.25, 0.3) is 5.56 Å². The first kappa shape index (κ1) is 16.8. The number of hydrogen-bond donors (Lipinski definition) is 1. The number of piperidine rings is 1. The molecule has 1 saturated heterocycles. The molecule has 136 valence electrons. The van der Waals surface area contributed by atoms with E-state index in [2.05, 4.69) is 4.98 Å². The van der Waals surface area contributed by atoms with Gasteiger partial charge in [-0.2, -0.15) is 0 Å². The van der Waals surface area contributed by atoms with E-state index in [-0.39, 0.29) is 29.6 Å². The van der Waals surface area contributed by atoms with Gasteiger partial charge in [0.15, 0.2) is 0 Å². The zero-order valence-corrected chi connectivity index (χ0v) is 14.7. The summed E-state index contributed by atoms with van der Waals surface area (Å²) in [5.41, 5.74) is 6.99. The third-order valence-electron chi connectivity index (χ3n) is 5.21. The van der Waals surface area contributed by atoms with Gasteiger partial charge in [-0.3, -0.25) is 14.2 Å². The van der Waals surface area contributed by atoms with Crippen molar-refractivity contribution in [2.24, 2.45) is 11.7 Å². The lowest BCUT2D eigenvalue weighted by atomic mass is 9.92. The van der Waals surface area contributed by atoms with E-state index in [0.717, 1.165) is 18.2 Å². The molecule has 3 heterocycles. The molecule has 1 aliphatic heterocycles. The molecule has 3 aromatic rings. The molecular weight excluding hydrogens is 332 g/mol. The van der Waals surface area contributed by atoms with Crippen LogP contribution in [0.5, 0.6) is 0 Å². The molecule has 4 rings (SSSR count). The van der Waals surface area contributed by atoms with Crippen LogP contribution in [0, 0.1) is 5.92 Å². The van der Waals surface area contributed by atoms with Crippen LogP contribution in [0.25, 0.3) is 22.1 Å². The van der Waals surface area contributed by atoms with Crippen LogP contribution in [-0.4, -0.2) is 39.5 Å². The molecule has 2 N–H and O–H groups in total. The van der Waals surface area contributed by atoms with Crippen LogP contribution in [-0.2, 0) is 11.3 Å². The van der Waals surface area contributed by atoms with Gasteiger partial charge < -0.3 is 15.1 Å². The fraction of sp³-hybridized carbons (Fsp3) is 0.421. The molecule has 2 aromatic heterocycles. The van der Waals surface area contributed by atoms with E-state index < -0.39 is 0 Å². The maximum absolute atomic E-state index is 12.7.